The molecule has 11 heteroatoms. The van der Waals surface area contributed by atoms with Crippen molar-refractivity contribution in [3.05, 3.63) is 53.7 Å². The Morgan fingerprint density at radius 3 is 2.91 bits per heavy atom. The first kappa shape index (κ1) is 15.8. The van der Waals surface area contributed by atoms with Crippen molar-refractivity contribution in [2.75, 3.05) is 0 Å². The summed E-state index contributed by atoms with van der Waals surface area (Å²) in [5, 5.41) is 30.6. The summed E-state index contributed by atoms with van der Waals surface area (Å²) in [5.41, 5.74) is -1.03. The first-order chi connectivity index (χ1) is 10.3. The minimum absolute atomic E-state index is 0.0324. The first-order valence-electron chi connectivity index (χ1n) is 5.71. The molecule has 0 aliphatic heterocycles. The van der Waals surface area contributed by atoms with Gasteiger partial charge in [-0.1, -0.05) is 11.6 Å². The molecule has 114 valence electrons. The molecule has 0 spiro atoms. The van der Waals surface area contributed by atoms with Crippen LogP contribution in [0.3, 0.4) is 0 Å². The zero-order valence-corrected chi connectivity index (χ0v) is 12.6. The van der Waals surface area contributed by atoms with Gasteiger partial charge in [0, 0.05) is 16.7 Å². The zero-order chi connectivity index (χ0) is 16.4. The standard InChI is InChI=1S/C11H8ClN5O4S/c1-5-10(19)16(11(22)15-14-5)13-4-6-2-7(12)3-8(9(6)18)17(20)21/h2-4,18H,1H3,(H,15,22). The molecule has 1 aromatic carbocycles. The lowest BCUT2D eigenvalue weighted by atomic mass is 10.2. The fourth-order valence-corrected chi connectivity index (χ4v) is 1.94. The van der Waals surface area contributed by atoms with Crippen molar-refractivity contribution < 1.29 is 10.0 Å². The van der Waals surface area contributed by atoms with E-state index < -0.39 is 21.9 Å². The molecule has 0 bridgehead atoms. The molecule has 0 atom stereocenters. The maximum atomic E-state index is 11.8. The monoisotopic (exact) mass is 341 g/mol. The number of hydrogen-bond acceptors (Lipinski definition) is 7. The maximum Gasteiger partial charge on any atom is 0.312 e. The normalized spacial score (nSPS) is 11.0. The number of phenolic OH excluding ortho intramolecular Hbond substituents is 1. The van der Waals surface area contributed by atoms with Crippen molar-refractivity contribution in [2.24, 2.45) is 5.10 Å². The first-order valence-corrected chi connectivity index (χ1v) is 6.49. The number of halogens is 1. The number of H-pyrrole nitrogens is 1. The quantitative estimate of drug-likeness (QED) is 0.379. The highest BCUT2D eigenvalue weighted by molar-refractivity contribution is 7.71. The number of nitro groups is 1. The third-order valence-electron chi connectivity index (χ3n) is 2.61. The highest BCUT2D eigenvalue weighted by atomic mass is 35.5. The van der Waals surface area contributed by atoms with Gasteiger partial charge in [0.2, 0.25) is 10.5 Å². The molecule has 1 aromatic heterocycles. The molecule has 2 N–H and O–H groups in total. The number of benzene rings is 1. The fourth-order valence-electron chi connectivity index (χ4n) is 1.54. The lowest BCUT2D eigenvalue weighted by molar-refractivity contribution is -0.385. The van der Waals surface area contributed by atoms with Gasteiger partial charge in [-0.2, -0.15) is 14.9 Å². The number of phenols is 1. The Hall–Kier alpha value is -2.59. The molecule has 2 aromatic rings. The average molecular weight is 342 g/mol. The zero-order valence-electron chi connectivity index (χ0n) is 11.0. The van der Waals surface area contributed by atoms with E-state index >= 15 is 0 Å². The molecule has 0 saturated heterocycles. The second kappa shape index (κ2) is 6.03. The molecule has 0 saturated carbocycles. The lowest BCUT2D eigenvalue weighted by Gasteiger charge is -2.02. The molecular weight excluding hydrogens is 334 g/mol. The van der Waals surface area contributed by atoms with Gasteiger partial charge in [-0.15, -0.1) is 0 Å². The van der Waals surface area contributed by atoms with Gasteiger partial charge in [-0.3, -0.25) is 20.0 Å². The van der Waals surface area contributed by atoms with E-state index in [4.69, 9.17) is 23.8 Å². The van der Waals surface area contributed by atoms with Gasteiger partial charge in [0.15, 0.2) is 0 Å². The topological polar surface area (TPSA) is 126 Å². The predicted octanol–water partition coefficient (Wildman–Crippen LogP) is 1.76. The predicted molar refractivity (Wildman–Crippen MR) is 81.2 cm³/mol. The molecule has 0 unspecified atom stereocenters. The number of aromatic amines is 1. The molecule has 0 radical (unpaired) electrons. The van der Waals surface area contributed by atoms with Gasteiger partial charge >= 0.3 is 5.69 Å². The lowest BCUT2D eigenvalue weighted by Crippen LogP contribution is -2.22. The number of aryl methyl sites for hydroxylation is 1. The summed E-state index contributed by atoms with van der Waals surface area (Å²) in [6.07, 6.45) is 1.04. The van der Waals surface area contributed by atoms with E-state index in [2.05, 4.69) is 15.3 Å². The summed E-state index contributed by atoms with van der Waals surface area (Å²) >= 11 is 10.6. The summed E-state index contributed by atoms with van der Waals surface area (Å²) in [4.78, 5) is 21.9. The summed E-state index contributed by atoms with van der Waals surface area (Å²) in [5.74, 6) is -0.619. The van der Waals surface area contributed by atoms with Gasteiger partial charge < -0.3 is 5.11 Å². The molecular formula is C11H8ClN5O4S. The van der Waals surface area contributed by atoms with E-state index in [-0.39, 0.29) is 21.1 Å². The van der Waals surface area contributed by atoms with Crippen LogP contribution < -0.4 is 5.56 Å². The van der Waals surface area contributed by atoms with Crippen molar-refractivity contribution in [3.63, 3.8) is 0 Å². The molecule has 0 amide bonds. The second-order valence-electron chi connectivity index (χ2n) is 4.10. The van der Waals surface area contributed by atoms with Crippen LogP contribution in [-0.2, 0) is 0 Å². The number of aromatic nitrogens is 3. The van der Waals surface area contributed by atoms with E-state index in [1.54, 1.807) is 0 Å². The molecule has 9 nitrogen and oxygen atoms in total. The third-order valence-corrected chi connectivity index (χ3v) is 3.09. The summed E-state index contributed by atoms with van der Waals surface area (Å²) in [7, 11) is 0. The number of nitrogens with one attached hydrogen (secondary N) is 1. The van der Waals surface area contributed by atoms with E-state index in [0.717, 1.165) is 17.0 Å². The van der Waals surface area contributed by atoms with Crippen molar-refractivity contribution in [1.29, 1.82) is 0 Å². The number of aromatic hydroxyl groups is 1. The van der Waals surface area contributed by atoms with Crippen molar-refractivity contribution in [3.8, 4) is 5.75 Å². The minimum Gasteiger partial charge on any atom is -0.502 e. The van der Waals surface area contributed by atoms with Gasteiger partial charge in [0.25, 0.3) is 5.56 Å². The van der Waals surface area contributed by atoms with E-state index in [1.807, 2.05) is 0 Å². The van der Waals surface area contributed by atoms with Crippen molar-refractivity contribution >= 4 is 35.7 Å². The fraction of sp³-hybridized carbons (Fsp3) is 0.0909. The summed E-state index contributed by atoms with van der Waals surface area (Å²) in [6, 6.07) is 2.27. The van der Waals surface area contributed by atoms with Crippen LogP contribution in [0.4, 0.5) is 5.69 Å². The molecule has 2 rings (SSSR count). The van der Waals surface area contributed by atoms with Crippen LogP contribution in [0.15, 0.2) is 22.0 Å². The Labute approximate surface area is 132 Å². The number of nitrogens with zero attached hydrogens (tertiary/aromatic N) is 4. The van der Waals surface area contributed by atoms with Gasteiger partial charge in [-0.25, -0.2) is 0 Å². The van der Waals surface area contributed by atoms with Crippen molar-refractivity contribution in [1.82, 2.24) is 14.9 Å². The van der Waals surface area contributed by atoms with Crippen LogP contribution >= 0.6 is 23.8 Å². The summed E-state index contributed by atoms with van der Waals surface area (Å²) < 4.78 is 0.770. The molecule has 1 heterocycles. The van der Waals surface area contributed by atoms with Crippen LogP contribution in [0.2, 0.25) is 5.02 Å². The average Bonchev–Trinajstić information content (AvgIpc) is 2.45. The Morgan fingerprint density at radius 1 is 1.59 bits per heavy atom. The molecule has 22 heavy (non-hydrogen) atoms. The number of nitro benzene ring substituents is 1. The highest BCUT2D eigenvalue weighted by Gasteiger charge is 2.17. The Bertz CT molecular complexity index is 904. The molecule has 0 aliphatic rings. The second-order valence-corrected chi connectivity index (χ2v) is 4.92. The SMILES string of the molecule is Cc1n[nH]c(=S)n(N=Cc2cc(Cl)cc([N+](=O)[O-])c2O)c1=O. The maximum absolute atomic E-state index is 11.8. The Kier molecular flexibility index (Phi) is 4.33. The van der Waals surface area contributed by atoms with Crippen LogP contribution in [0, 0.1) is 21.8 Å². The number of hydrogen-bond donors (Lipinski definition) is 2. The smallest absolute Gasteiger partial charge is 0.312 e. The van der Waals surface area contributed by atoms with Gasteiger partial charge in [0.05, 0.1) is 11.1 Å². The largest absolute Gasteiger partial charge is 0.502 e. The third kappa shape index (κ3) is 3.02. The highest BCUT2D eigenvalue weighted by Crippen LogP contribution is 2.32. The van der Waals surface area contributed by atoms with Crippen molar-refractivity contribution in [2.45, 2.75) is 6.92 Å². The van der Waals surface area contributed by atoms with Crippen LogP contribution in [-0.4, -0.2) is 31.1 Å². The summed E-state index contributed by atoms with van der Waals surface area (Å²) in [6.45, 7) is 1.46. The van der Waals surface area contributed by atoms with Crippen LogP contribution in [0.1, 0.15) is 11.3 Å². The molecule has 0 aliphatic carbocycles. The Morgan fingerprint density at radius 2 is 2.27 bits per heavy atom. The Balaban J connectivity index is 2.57. The van der Waals surface area contributed by atoms with E-state index in [9.17, 15) is 20.0 Å². The molecule has 0 fully saturated rings. The van der Waals surface area contributed by atoms with Gasteiger partial charge in [-0.05, 0) is 25.2 Å². The van der Waals surface area contributed by atoms with Crippen LogP contribution in [0.5, 0.6) is 5.75 Å². The van der Waals surface area contributed by atoms with E-state index in [1.165, 1.54) is 13.0 Å². The minimum atomic E-state index is -0.784. The van der Waals surface area contributed by atoms with Gasteiger partial charge in [0.1, 0.15) is 5.69 Å². The van der Waals surface area contributed by atoms with E-state index in [0.29, 0.717) is 0 Å². The number of rotatable bonds is 3. The van der Waals surface area contributed by atoms with Crippen LogP contribution in [0.25, 0.3) is 0 Å².